The number of benzene rings is 1. The Bertz CT molecular complexity index is 855. The summed E-state index contributed by atoms with van der Waals surface area (Å²) in [6, 6.07) is 7.84. The van der Waals surface area contributed by atoms with Gasteiger partial charge in [-0.1, -0.05) is 35.1 Å². The van der Waals surface area contributed by atoms with Crippen molar-refractivity contribution in [3.8, 4) is 0 Å². The SMILES string of the molecule is Cc1ccc(Cl)c2sc(N(CCCN(C)C)C(=O)Cc3cccs3)nc12.Cl. The first kappa shape index (κ1) is 22.1. The van der Waals surface area contributed by atoms with Crippen LogP contribution in [0.25, 0.3) is 10.2 Å². The summed E-state index contributed by atoms with van der Waals surface area (Å²) in [6.07, 6.45) is 1.30. The van der Waals surface area contributed by atoms with Crippen LogP contribution in [0.4, 0.5) is 5.13 Å². The zero-order valence-corrected chi connectivity index (χ0v) is 18.8. The van der Waals surface area contributed by atoms with Gasteiger partial charge in [0.1, 0.15) is 0 Å². The lowest BCUT2D eigenvalue weighted by molar-refractivity contribution is -0.118. The highest BCUT2D eigenvalue weighted by atomic mass is 35.5. The van der Waals surface area contributed by atoms with E-state index in [4.69, 9.17) is 16.6 Å². The van der Waals surface area contributed by atoms with E-state index in [9.17, 15) is 4.79 Å². The van der Waals surface area contributed by atoms with E-state index in [1.165, 1.54) is 11.3 Å². The third-order valence-electron chi connectivity index (χ3n) is 4.11. The first-order chi connectivity index (χ1) is 12.5. The molecule has 1 amide bonds. The van der Waals surface area contributed by atoms with Crippen LogP contribution in [0.1, 0.15) is 16.9 Å². The van der Waals surface area contributed by atoms with Crippen molar-refractivity contribution >= 4 is 67.9 Å². The first-order valence-electron chi connectivity index (χ1n) is 8.49. The molecule has 146 valence electrons. The van der Waals surface area contributed by atoms with Gasteiger partial charge in [0.15, 0.2) is 5.13 Å². The van der Waals surface area contributed by atoms with Crippen molar-refractivity contribution in [1.82, 2.24) is 9.88 Å². The quantitative estimate of drug-likeness (QED) is 0.498. The second kappa shape index (κ2) is 9.85. The zero-order chi connectivity index (χ0) is 18.7. The molecule has 0 saturated carbocycles. The van der Waals surface area contributed by atoms with Gasteiger partial charge in [0, 0.05) is 11.4 Å². The van der Waals surface area contributed by atoms with E-state index in [0.717, 1.165) is 38.8 Å². The molecule has 0 saturated heterocycles. The maximum Gasteiger partial charge on any atom is 0.234 e. The molecule has 0 aliphatic heterocycles. The van der Waals surface area contributed by atoms with Crippen molar-refractivity contribution in [3.63, 3.8) is 0 Å². The van der Waals surface area contributed by atoms with E-state index >= 15 is 0 Å². The molecule has 27 heavy (non-hydrogen) atoms. The third-order valence-corrected chi connectivity index (χ3v) is 6.53. The Morgan fingerprint density at radius 2 is 2.00 bits per heavy atom. The van der Waals surface area contributed by atoms with E-state index in [2.05, 4.69) is 4.90 Å². The van der Waals surface area contributed by atoms with Gasteiger partial charge in [0.25, 0.3) is 0 Å². The minimum absolute atomic E-state index is 0. The van der Waals surface area contributed by atoms with Gasteiger partial charge in [0.2, 0.25) is 5.91 Å². The highest BCUT2D eigenvalue weighted by Crippen LogP contribution is 2.36. The lowest BCUT2D eigenvalue weighted by Crippen LogP contribution is -2.34. The van der Waals surface area contributed by atoms with Crippen molar-refractivity contribution in [2.24, 2.45) is 0 Å². The molecule has 4 nitrogen and oxygen atoms in total. The molecule has 2 heterocycles. The Hall–Kier alpha value is -1.18. The monoisotopic (exact) mass is 443 g/mol. The van der Waals surface area contributed by atoms with Crippen LogP contribution in [0.2, 0.25) is 5.02 Å². The Balaban J connectivity index is 0.00000261. The number of thiazole rings is 1. The van der Waals surface area contributed by atoms with Crippen LogP contribution in [-0.4, -0.2) is 43.0 Å². The average molecular weight is 444 g/mol. The molecule has 0 N–H and O–H groups in total. The molecular weight excluding hydrogens is 421 g/mol. The Kier molecular flexibility index (Phi) is 8.06. The van der Waals surface area contributed by atoms with Gasteiger partial charge >= 0.3 is 0 Å². The van der Waals surface area contributed by atoms with Crippen LogP contribution < -0.4 is 4.90 Å². The topological polar surface area (TPSA) is 36.4 Å². The van der Waals surface area contributed by atoms with Gasteiger partial charge in [-0.25, -0.2) is 4.98 Å². The van der Waals surface area contributed by atoms with Crippen LogP contribution >= 0.6 is 46.7 Å². The fraction of sp³-hybridized carbons (Fsp3) is 0.368. The Labute approximate surface area is 179 Å². The van der Waals surface area contributed by atoms with Crippen molar-refractivity contribution in [2.45, 2.75) is 19.8 Å². The number of rotatable bonds is 7. The maximum atomic E-state index is 13.0. The minimum atomic E-state index is 0. The van der Waals surface area contributed by atoms with E-state index in [1.54, 1.807) is 11.3 Å². The molecule has 0 unspecified atom stereocenters. The predicted molar refractivity (Wildman–Crippen MR) is 120 cm³/mol. The molecular formula is C19H23Cl2N3OS2. The van der Waals surface area contributed by atoms with Gasteiger partial charge in [-0.05, 0) is 57.1 Å². The summed E-state index contributed by atoms with van der Waals surface area (Å²) in [6.45, 7) is 3.60. The maximum absolute atomic E-state index is 13.0. The second-order valence-corrected chi connectivity index (χ2v) is 8.91. The molecule has 0 radical (unpaired) electrons. The molecule has 8 heteroatoms. The normalized spacial score (nSPS) is 11.0. The number of halogens is 2. The van der Waals surface area contributed by atoms with E-state index in [1.807, 2.05) is 55.6 Å². The number of fused-ring (bicyclic) bond motifs is 1. The minimum Gasteiger partial charge on any atom is -0.309 e. The predicted octanol–water partition coefficient (Wildman–Crippen LogP) is 5.27. The summed E-state index contributed by atoms with van der Waals surface area (Å²) in [7, 11) is 4.08. The summed E-state index contributed by atoms with van der Waals surface area (Å²) in [5.41, 5.74) is 1.96. The average Bonchev–Trinajstić information content (AvgIpc) is 3.25. The lowest BCUT2D eigenvalue weighted by atomic mass is 10.2. The van der Waals surface area contributed by atoms with Crippen LogP contribution in [-0.2, 0) is 11.2 Å². The fourth-order valence-electron chi connectivity index (χ4n) is 2.74. The summed E-state index contributed by atoms with van der Waals surface area (Å²) < 4.78 is 0.947. The molecule has 1 aromatic carbocycles. The number of carbonyl (C=O) groups is 1. The number of amides is 1. The van der Waals surface area contributed by atoms with Gasteiger partial charge in [0.05, 0.1) is 21.7 Å². The smallest absolute Gasteiger partial charge is 0.234 e. The first-order valence-corrected chi connectivity index (χ1v) is 10.6. The molecule has 0 spiro atoms. The Morgan fingerprint density at radius 3 is 2.63 bits per heavy atom. The lowest BCUT2D eigenvalue weighted by Gasteiger charge is -2.20. The molecule has 0 fully saturated rings. The number of nitrogens with zero attached hydrogens (tertiary/aromatic N) is 3. The van der Waals surface area contributed by atoms with Crippen LogP contribution in [0.15, 0.2) is 29.6 Å². The van der Waals surface area contributed by atoms with Crippen molar-refractivity contribution in [1.29, 1.82) is 0 Å². The van der Waals surface area contributed by atoms with E-state index in [0.29, 0.717) is 18.0 Å². The van der Waals surface area contributed by atoms with Crippen molar-refractivity contribution < 1.29 is 4.79 Å². The summed E-state index contributed by atoms with van der Waals surface area (Å²) in [5.74, 6) is 0.0824. The van der Waals surface area contributed by atoms with Crippen LogP contribution in [0, 0.1) is 6.92 Å². The Morgan fingerprint density at radius 1 is 1.22 bits per heavy atom. The number of carbonyl (C=O) groups excluding carboxylic acids is 1. The molecule has 0 aliphatic rings. The molecule has 0 aliphatic carbocycles. The number of thiophene rings is 1. The van der Waals surface area contributed by atoms with Gasteiger partial charge < -0.3 is 4.90 Å². The second-order valence-electron chi connectivity index (χ2n) is 6.50. The number of anilines is 1. The van der Waals surface area contributed by atoms with Gasteiger partial charge in [-0.15, -0.1) is 23.7 Å². The largest absolute Gasteiger partial charge is 0.309 e. The summed E-state index contributed by atoms with van der Waals surface area (Å²) in [5, 5.41) is 3.42. The van der Waals surface area contributed by atoms with Crippen LogP contribution in [0.3, 0.4) is 0 Å². The number of aryl methyl sites for hydroxylation is 1. The highest BCUT2D eigenvalue weighted by Gasteiger charge is 2.21. The third kappa shape index (κ3) is 5.42. The van der Waals surface area contributed by atoms with E-state index < -0.39 is 0 Å². The molecule has 3 aromatic rings. The number of aromatic nitrogens is 1. The van der Waals surface area contributed by atoms with Gasteiger partial charge in [-0.3, -0.25) is 9.69 Å². The zero-order valence-electron chi connectivity index (χ0n) is 15.6. The van der Waals surface area contributed by atoms with E-state index in [-0.39, 0.29) is 18.3 Å². The van der Waals surface area contributed by atoms with Crippen molar-refractivity contribution in [2.75, 3.05) is 32.1 Å². The molecule has 2 aromatic heterocycles. The molecule has 3 rings (SSSR count). The summed E-state index contributed by atoms with van der Waals surface area (Å²) >= 11 is 9.46. The van der Waals surface area contributed by atoms with Crippen molar-refractivity contribution in [3.05, 3.63) is 45.1 Å². The number of hydrogen-bond acceptors (Lipinski definition) is 5. The molecule has 0 atom stereocenters. The highest BCUT2D eigenvalue weighted by molar-refractivity contribution is 7.23. The molecule has 0 bridgehead atoms. The standard InChI is InChI=1S/C19H22ClN3OS2.ClH/c1-13-7-8-15(20)18-17(13)21-19(26-18)23(10-5-9-22(2)3)16(24)12-14-6-4-11-25-14;/h4,6-8,11H,5,9-10,12H2,1-3H3;1H. The number of hydrogen-bond donors (Lipinski definition) is 0. The van der Waals surface area contributed by atoms with Crippen LogP contribution in [0.5, 0.6) is 0 Å². The fourth-order valence-corrected chi connectivity index (χ4v) is 4.79. The summed E-state index contributed by atoms with van der Waals surface area (Å²) in [4.78, 5) is 22.8. The van der Waals surface area contributed by atoms with Gasteiger partial charge in [-0.2, -0.15) is 0 Å².